The normalized spacial score (nSPS) is 22.1. The first-order chi connectivity index (χ1) is 9.45. The highest BCUT2D eigenvalue weighted by molar-refractivity contribution is 9.10. The van der Waals surface area contributed by atoms with Gasteiger partial charge in [-0.3, -0.25) is 4.79 Å². The number of carbonyl (C=O) groups excluding carboxylic acids is 1. The summed E-state index contributed by atoms with van der Waals surface area (Å²) in [7, 11) is 0. The van der Waals surface area contributed by atoms with Crippen LogP contribution in [0, 0.1) is 0 Å². The highest BCUT2D eigenvalue weighted by atomic mass is 79.9. The molecule has 108 valence electrons. The predicted molar refractivity (Wildman–Crippen MR) is 81.1 cm³/mol. The van der Waals surface area contributed by atoms with Crippen molar-refractivity contribution in [2.45, 2.75) is 24.8 Å². The summed E-state index contributed by atoms with van der Waals surface area (Å²) in [5.41, 5.74) is 0.216. The monoisotopic (exact) mass is 378 g/mol. The summed E-state index contributed by atoms with van der Waals surface area (Å²) >= 11 is 10.7. The van der Waals surface area contributed by atoms with E-state index >= 15 is 0 Å². The fourth-order valence-corrected chi connectivity index (χ4v) is 3.91. The molecule has 2 rings (SSSR count). The third-order valence-corrected chi connectivity index (χ3v) is 5.19. The zero-order valence-corrected chi connectivity index (χ0v) is 13.7. The molecule has 1 aliphatic rings. The van der Waals surface area contributed by atoms with Crippen LogP contribution in [0.1, 0.15) is 23.7 Å². The number of hydrogen-bond acceptors (Lipinski definition) is 4. The van der Waals surface area contributed by atoms with Crippen molar-refractivity contribution in [2.75, 3.05) is 5.75 Å². The largest absolute Gasteiger partial charge is 0.480 e. The molecule has 1 amide bonds. The van der Waals surface area contributed by atoms with Gasteiger partial charge in [-0.05, 0) is 28.4 Å². The number of carbonyl (C=O) groups is 2. The van der Waals surface area contributed by atoms with E-state index in [0.29, 0.717) is 16.6 Å². The number of amides is 1. The molecular weight excluding hydrogens is 368 g/mol. The molecule has 0 radical (unpaired) electrons. The zero-order chi connectivity index (χ0) is 14.9. The van der Waals surface area contributed by atoms with Crippen LogP contribution in [-0.4, -0.2) is 44.0 Å². The highest BCUT2D eigenvalue weighted by Gasteiger charge is 2.41. The molecule has 1 N–H and O–H groups in total. The van der Waals surface area contributed by atoms with Crippen LogP contribution in [0.25, 0.3) is 0 Å². The van der Waals surface area contributed by atoms with Crippen molar-refractivity contribution in [1.82, 2.24) is 9.88 Å². The van der Waals surface area contributed by atoms with Gasteiger partial charge in [0.1, 0.15) is 11.2 Å². The lowest BCUT2D eigenvalue weighted by atomic mass is 10.2. The Hall–Kier alpha value is -0.790. The minimum atomic E-state index is -0.999. The van der Waals surface area contributed by atoms with Crippen molar-refractivity contribution in [3.05, 3.63) is 27.5 Å². The van der Waals surface area contributed by atoms with E-state index in [4.69, 9.17) is 11.6 Å². The number of halogens is 2. The maximum Gasteiger partial charge on any atom is 0.327 e. The number of aromatic nitrogens is 1. The Labute approximate surface area is 133 Å². The van der Waals surface area contributed by atoms with Gasteiger partial charge in [0.15, 0.2) is 0 Å². The predicted octanol–water partition coefficient (Wildman–Crippen LogP) is 2.88. The molecule has 0 bridgehead atoms. The smallest absolute Gasteiger partial charge is 0.327 e. The lowest BCUT2D eigenvalue weighted by Gasteiger charge is -2.26. The van der Waals surface area contributed by atoms with Crippen LogP contribution in [0.5, 0.6) is 0 Å². The average Bonchev–Trinajstić information content (AvgIpc) is 2.84. The maximum atomic E-state index is 12.6. The van der Waals surface area contributed by atoms with Gasteiger partial charge in [-0.1, -0.05) is 18.5 Å². The molecule has 1 aromatic heterocycles. The molecule has 2 heterocycles. The molecule has 1 fully saturated rings. The minimum absolute atomic E-state index is 0.0779. The number of carboxylic acid groups (broad SMARTS) is 1. The summed E-state index contributed by atoms with van der Waals surface area (Å²) in [4.78, 5) is 29.2. The van der Waals surface area contributed by atoms with Crippen LogP contribution in [0.3, 0.4) is 0 Å². The van der Waals surface area contributed by atoms with Gasteiger partial charge >= 0.3 is 5.97 Å². The summed E-state index contributed by atoms with van der Waals surface area (Å²) < 4.78 is 0.622. The van der Waals surface area contributed by atoms with Crippen molar-refractivity contribution >= 4 is 51.2 Å². The number of rotatable bonds is 3. The van der Waals surface area contributed by atoms with Crippen molar-refractivity contribution in [3.63, 3.8) is 0 Å². The second-order valence-corrected chi connectivity index (χ2v) is 6.74. The van der Waals surface area contributed by atoms with E-state index in [1.807, 2.05) is 6.92 Å². The van der Waals surface area contributed by atoms with Crippen LogP contribution in [0.4, 0.5) is 0 Å². The van der Waals surface area contributed by atoms with Crippen LogP contribution in [0.15, 0.2) is 16.7 Å². The quantitative estimate of drug-likeness (QED) is 0.818. The molecule has 2 atom stereocenters. The number of thioether (sulfide) groups is 1. The lowest BCUT2D eigenvalue weighted by molar-refractivity contribution is -0.141. The first-order valence-electron chi connectivity index (χ1n) is 5.93. The van der Waals surface area contributed by atoms with Crippen molar-refractivity contribution < 1.29 is 14.7 Å². The first kappa shape index (κ1) is 15.6. The third-order valence-electron chi connectivity index (χ3n) is 3.00. The molecule has 5 nitrogen and oxygen atoms in total. The van der Waals surface area contributed by atoms with Gasteiger partial charge in [-0.15, -0.1) is 11.8 Å². The topological polar surface area (TPSA) is 70.5 Å². The van der Waals surface area contributed by atoms with E-state index < -0.39 is 17.9 Å². The van der Waals surface area contributed by atoms with Gasteiger partial charge in [-0.2, -0.15) is 0 Å². The minimum Gasteiger partial charge on any atom is -0.480 e. The number of carboxylic acids is 1. The Kier molecular flexibility index (Phi) is 4.93. The SMILES string of the molecule is CCC1SCC(C(=O)O)N1C(=O)c1cc(Br)cnc1Cl. The van der Waals surface area contributed by atoms with E-state index in [9.17, 15) is 14.7 Å². The lowest BCUT2D eigenvalue weighted by Crippen LogP contribution is -2.45. The summed E-state index contributed by atoms with van der Waals surface area (Å²) in [6.07, 6.45) is 2.17. The number of hydrogen-bond donors (Lipinski definition) is 1. The average molecular weight is 380 g/mol. The van der Waals surface area contributed by atoms with E-state index in [0.717, 1.165) is 0 Å². The molecule has 1 aromatic rings. The van der Waals surface area contributed by atoms with Gasteiger partial charge in [0.05, 0.1) is 10.9 Å². The molecule has 2 unspecified atom stereocenters. The summed E-state index contributed by atoms with van der Waals surface area (Å²) in [5.74, 6) is -1.01. The Balaban J connectivity index is 2.38. The molecule has 8 heteroatoms. The van der Waals surface area contributed by atoms with Gasteiger partial charge in [0, 0.05) is 16.4 Å². The number of aliphatic carboxylic acids is 1. The fourth-order valence-electron chi connectivity index (χ4n) is 2.05. The van der Waals surface area contributed by atoms with Crippen molar-refractivity contribution in [3.8, 4) is 0 Å². The molecule has 20 heavy (non-hydrogen) atoms. The molecular formula is C12H12BrClN2O3S. The van der Waals surface area contributed by atoms with E-state index in [2.05, 4.69) is 20.9 Å². The second-order valence-electron chi connectivity index (χ2n) is 4.25. The standard InChI is InChI=1S/C12H12BrClN2O3S/c1-2-9-16(8(5-20-9)12(18)19)11(17)7-3-6(13)4-15-10(7)14/h3-4,8-9H,2,5H2,1H3,(H,18,19). The molecule has 0 saturated carbocycles. The van der Waals surface area contributed by atoms with Crippen LogP contribution in [0.2, 0.25) is 5.15 Å². The van der Waals surface area contributed by atoms with Crippen LogP contribution >= 0.6 is 39.3 Å². The second kappa shape index (κ2) is 6.32. The van der Waals surface area contributed by atoms with Gasteiger partial charge in [0.25, 0.3) is 5.91 Å². The number of pyridine rings is 1. The highest BCUT2D eigenvalue weighted by Crippen LogP contribution is 2.33. The Morgan fingerprint density at radius 3 is 2.95 bits per heavy atom. The molecule has 0 aromatic carbocycles. The third kappa shape index (κ3) is 2.94. The molecule has 1 aliphatic heterocycles. The fraction of sp³-hybridized carbons (Fsp3) is 0.417. The van der Waals surface area contributed by atoms with Crippen molar-refractivity contribution in [2.24, 2.45) is 0 Å². The maximum absolute atomic E-state index is 12.6. The molecule has 1 saturated heterocycles. The Morgan fingerprint density at radius 2 is 2.35 bits per heavy atom. The van der Waals surface area contributed by atoms with E-state index in [1.165, 1.54) is 22.9 Å². The zero-order valence-electron chi connectivity index (χ0n) is 10.5. The number of nitrogens with zero attached hydrogens (tertiary/aromatic N) is 2. The molecule has 0 aliphatic carbocycles. The van der Waals surface area contributed by atoms with Crippen LogP contribution in [-0.2, 0) is 4.79 Å². The van der Waals surface area contributed by atoms with E-state index in [1.54, 1.807) is 6.07 Å². The van der Waals surface area contributed by atoms with Gasteiger partial charge in [-0.25, -0.2) is 9.78 Å². The summed E-state index contributed by atoms with van der Waals surface area (Å²) in [6, 6.07) is 0.735. The Morgan fingerprint density at radius 1 is 1.65 bits per heavy atom. The summed E-state index contributed by atoms with van der Waals surface area (Å²) in [5, 5.41) is 9.18. The van der Waals surface area contributed by atoms with Gasteiger partial charge in [0.2, 0.25) is 0 Å². The molecule has 0 spiro atoms. The first-order valence-corrected chi connectivity index (χ1v) is 8.15. The summed E-state index contributed by atoms with van der Waals surface area (Å²) in [6.45, 7) is 1.92. The Bertz CT molecular complexity index is 558. The van der Waals surface area contributed by atoms with Gasteiger partial charge < -0.3 is 10.0 Å². The van der Waals surface area contributed by atoms with Crippen molar-refractivity contribution in [1.29, 1.82) is 0 Å². The van der Waals surface area contributed by atoms with E-state index in [-0.39, 0.29) is 16.1 Å². The van der Waals surface area contributed by atoms with Crippen LogP contribution < -0.4 is 0 Å².